The maximum atomic E-state index is 12.1. The van der Waals surface area contributed by atoms with Crippen LogP contribution in [0.15, 0.2) is 0 Å². The van der Waals surface area contributed by atoms with Gasteiger partial charge in [0.05, 0.1) is 0 Å². The number of rotatable bonds is 20. The van der Waals surface area contributed by atoms with E-state index in [1.54, 1.807) is 0 Å². The van der Waals surface area contributed by atoms with Crippen molar-refractivity contribution in [3.05, 3.63) is 0 Å². The van der Waals surface area contributed by atoms with E-state index in [2.05, 4.69) is 13.8 Å². The van der Waals surface area contributed by atoms with E-state index >= 15 is 0 Å². The molecular formula is C20H43O2PS2. The molecule has 0 aromatic carbocycles. The third kappa shape index (κ3) is 21.1. The third-order valence-corrected chi connectivity index (χ3v) is 11.1. The van der Waals surface area contributed by atoms with Crippen LogP contribution in [0.2, 0.25) is 0 Å². The van der Waals surface area contributed by atoms with E-state index in [1.165, 1.54) is 113 Å². The van der Waals surface area contributed by atoms with E-state index in [0.717, 1.165) is 24.3 Å². The second kappa shape index (κ2) is 19.6. The summed E-state index contributed by atoms with van der Waals surface area (Å²) < 4.78 is 12.1. The van der Waals surface area contributed by atoms with E-state index in [1.807, 2.05) is 0 Å². The molecule has 0 saturated carbocycles. The first kappa shape index (κ1) is 25.9. The molecule has 0 fully saturated rings. The van der Waals surface area contributed by atoms with Crippen molar-refractivity contribution in [3.8, 4) is 0 Å². The lowest BCUT2D eigenvalue weighted by Gasteiger charge is -2.10. The van der Waals surface area contributed by atoms with Crippen molar-refractivity contribution in [2.24, 2.45) is 0 Å². The van der Waals surface area contributed by atoms with Crippen LogP contribution in [0.4, 0.5) is 0 Å². The van der Waals surface area contributed by atoms with Crippen molar-refractivity contribution in [3.63, 3.8) is 0 Å². The zero-order valence-electron chi connectivity index (χ0n) is 16.8. The molecule has 1 N–H and O–H groups in total. The van der Waals surface area contributed by atoms with Crippen LogP contribution in [0, 0.1) is 0 Å². The van der Waals surface area contributed by atoms with E-state index < -0.39 is 5.77 Å². The SMILES string of the molecule is CCCCCCCCCCSP(=O)(O)SCCCCCCCCCC. The van der Waals surface area contributed by atoms with Gasteiger partial charge in [-0.15, -0.1) is 0 Å². The summed E-state index contributed by atoms with van der Waals surface area (Å²) in [5.41, 5.74) is 0. The van der Waals surface area contributed by atoms with Crippen molar-refractivity contribution in [2.45, 2.75) is 117 Å². The summed E-state index contributed by atoms with van der Waals surface area (Å²) in [4.78, 5) is 10.00. The second-order valence-corrected chi connectivity index (χ2v) is 14.6. The van der Waals surface area contributed by atoms with E-state index in [4.69, 9.17) is 0 Å². The molecule has 0 spiro atoms. The molecule has 0 heterocycles. The molecule has 0 unspecified atom stereocenters. The van der Waals surface area contributed by atoms with Gasteiger partial charge in [-0.25, -0.2) is 0 Å². The fourth-order valence-corrected chi connectivity index (χ4v) is 8.47. The lowest BCUT2D eigenvalue weighted by molar-refractivity contribution is 0.514. The topological polar surface area (TPSA) is 37.3 Å². The van der Waals surface area contributed by atoms with Crippen molar-refractivity contribution in [1.82, 2.24) is 0 Å². The zero-order chi connectivity index (χ0) is 18.6. The fourth-order valence-electron chi connectivity index (χ4n) is 2.87. The zero-order valence-corrected chi connectivity index (χ0v) is 19.4. The van der Waals surface area contributed by atoms with Gasteiger partial charge in [0, 0.05) is 11.5 Å². The van der Waals surface area contributed by atoms with Gasteiger partial charge in [-0.2, -0.15) is 0 Å². The quantitative estimate of drug-likeness (QED) is 0.161. The second-order valence-electron chi connectivity index (χ2n) is 7.08. The Balaban J connectivity index is 3.34. The molecule has 0 atom stereocenters. The van der Waals surface area contributed by atoms with Crippen molar-refractivity contribution >= 4 is 28.5 Å². The first-order chi connectivity index (χ1) is 12.1. The van der Waals surface area contributed by atoms with Gasteiger partial charge in [-0.1, -0.05) is 127 Å². The number of unbranched alkanes of at least 4 members (excludes halogenated alkanes) is 14. The highest BCUT2D eigenvalue weighted by Gasteiger charge is 2.18. The van der Waals surface area contributed by atoms with Crippen LogP contribution in [0.3, 0.4) is 0 Å². The molecule has 0 radical (unpaired) electrons. The minimum Gasteiger partial charge on any atom is -0.329 e. The maximum Gasteiger partial charge on any atom is 0.310 e. The van der Waals surface area contributed by atoms with E-state index in [9.17, 15) is 9.46 Å². The van der Waals surface area contributed by atoms with Gasteiger partial charge < -0.3 is 4.89 Å². The summed E-state index contributed by atoms with van der Waals surface area (Å²) in [5.74, 6) is -1.32. The monoisotopic (exact) mass is 410 g/mol. The van der Waals surface area contributed by atoms with Crippen LogP contribution in [0.25, 0.3) is 0 Å². The van der Waals surface area contributed by atoms with E-state index in [0.29, 0.717) is 0 Å². The lowest BCUT2D eigenvalue weighted by Crippen LogP contribution is -1.85. The van der Waals surface area contributed by atoms with Crippen molar-refractivity contribution < 1.29 is 9.46 Å². The van der Waals surface area contributed by atoms with Crippen molar-refractivity contribution in [2.75, 3.05) is 11.5 Å². The maximum absolute atomic E-state index is 12.1. The highest BCUT2D eigenvalue weighted by atomic mass is 33.1. The molecular weight excluding hydrogens is 367 g/mol. The molecule has 2 nitrogen and oxygen atoms in total. The molecule has 0 bridgehead atoms. The summed E-state index contributed by atoms with van der Waals surface area (Å²) in [6, 6.07) is 0. The van der Waals surface area contributed by atoms with Gasteiger partial charge in [0.2, 0.25) is 0 Å². The van der Waals surface area contributed by atoms with Gasteiger partial charge in [-0.3, -0.25) is 4.57 Å². The molecule has 0 saturated heterocycles. The fraction of sp³-hybridized carbons (Fsp3) is 1.00. The van der Waals surface area contributed by atoms with Crippen LogP contribution in [-0.4, -0.2) is 16.4 Å². The van der Waals surface area contributed by atoms with Gasteiger partial charge in [0.1, 0.15) is 0 Å². The van der Waals surface area contributed by atoms with Gasteiger partial charge in [0.25, 0.3) is 0 Å². The first-order valence-corrected chi connectivity index (χ1v) is 15.6. The van der Waals surface area contributed by atoms with Crippen LogP contribution in [-0.2, 0) is 4.57 Å². The molecule has 152 valence electrons. The molecule has 0 rings (SSSR count). The summed E-state index contributed by atoms with van der Waals surface area (Å²) in [5, 5.41) is 0. The first-order valence-electron chi connectivity index (χ1n) is 10.7. The molecule has 0 amide bonds. The summed E-state index contributed by atoms with van der Waals surface area (Å²) in [6.07, 6.45) is 20.6. The molecule has 25 heavy (non-hydrogen) atoms. The molecule has 0 aliphatic heterocycles. The number of hydrogen-bond acceptors (Lipinski definition) is 3. The Bertz CT molecular complexity index is 288. The highest BCUT2D eigenvalue weighted by Crippen LogP contribution is 2.65. The van der Waals surface area contributed by atoms with Crippen LogP contribution < -0.4 is 0 Å². The number of hydrogen-bond donors (Lipinski definition) is 1. The minimum atomic E-state index is -3.00. The molecule has 0 aromatic heterocycles. The Morgan fingerprint density at radius 2 is 0.840 bits per heavy atom. The normalized spacial score (nSPS) is 12.0. The average molecular weight is 411 g/mol. The minimum absolute atomic E-state index is 0.840. The van der Waals surface area contributed by atoms with Crippen LogP contribution in [0.5, 0.6) is 0 Å². The van der Waals surface area contributed by atoms with Gasteiger partial charge >= 0.3 is 5.77 Å². The van der Waals surface area contributed by atoms with Gasteiger partial charge in [-0.05, 0) is 12.8 Å². The standard InChI is InChI=1S/C20H43O2PS2/c1-3-5-7-9-11-13-15-17-19-24-23(21,22)25-20-18-16-14-12-10-8-6-4-2/h3-20H2,1-2H3,(H,21,22). The highest BCUT2D eigenvalue weighted by molar-refractivity contribution is 8.88. The Morgan fingerprint density at radius 1 is 0.560 bits per heavy atom. The Hall–Kier alpha value is 0.890. The predicted molar refractivity (Wildman–Crippen MR) is 120 cm³/mol. The molecule has 0 aliphatic carbocycles. The smallest absolute Gasteiger partial charge is 0.310 e. The van der Waals surface area contributed by atoms with Crippen molar-refractivity contribution in [1.29, 1.82) is 0 Å². The summed E-state index contributed by atoms with van der Waals surface area (Å²) >= 11 is 2.60. The third-order valence-electron chi connectivity index (χ3n) is 4.50. The Labute approximate surface area is 166 Å². The average Bonchev–Trinajstić information content (AvgIpc) is 2.59. The van der Waals surface area contributed by atoms with Crippen LogP contribution >= 0.6 is 28.5 Å². The Morgan fingerprint density at radius 3 is 1.16 bits per heavy atom. The summed E-state index contributed by atoms with van der Waals surface area (Å²) in [6.45, 7) is 4.49. The largest absolute Gasteiger partial charge is 0.329 e. The molecule has 5 heteroatoms. The molecule has 0 aromatic rings. The van der Waals surface area contributed by atoms with Gasteiger partial charge in [0.15, 0.2) is 0 Å². The Kier molecular flexibility index (Phi) is 20.3. The predicted octanol–water partition coefficient (Wildman–Crippen LogP) is 8.83. The van der Waals surface area contributed by atoms with E-state index in [-0.39, 0.29) is 0 Å². The molecule has 0 aliphatic rings. The van der Waals surface area contributed by atoms with Crippen LogP contribution in [0.1, 0.15) is 117 Å². The summed E-state index contributed by atoms with van der Waals surface area (Å²) in [7, 11) is 0. The lowest BCUT2D eigenvalue weighted by atomic mass is 10.1.